The maximum Gasteiger partial charge on any atom is 0.235 e. The van der Waals surface area contributed by atoms with Crippen LogP contribution in [0.3, 0.4) is 0 Å². The Hall–Kier alpha value is -3.49. The molecule has 1 saturated heterocycles. The molecular formula is C28H30N6OS. The third kappa shape index (κ3) is 5.83. The number of rotatable bonds is 8. The molecule has 3 heterocycles. The van der Waals surface area contributed by atoms with Gasteiger partial charge in [-0.05, 0) is 30.2 Å². The lowest BCUT2D eigenvalue weighted by molar-refractivity contribution is -0.132. The summed E-state index contributed by atoms with van der Waals surface area (Å²) in [6.45, 7) is 6.78. The van der Waals surface area contributed by atoms with Crippen LogP contribution in [0.15, 0.2) is 90.3 Å². The molecule has 4 aromatic rings. The largest absolute Gasteiger partial charge is 0.339 e. The fourth-order valence-corrected chi connectivity index (χ4v) is 5.36. The van der Waals surface area contributed by atoms with Crippen LogP contribution in [0.4, 0.5) is 0 Å². The van der Waals surface area contributed by atoms with Gasteiger partial charge in [0.05, 0.1) is 11.8 Å². The first-order chi connectivity index (χ1) is 17.7. The third-order valence-corrected chi connectivity index (χ3v) is 7.47. The highest BCUT2D eigenvalue weighted by molar-refractivity contribution is 8.00. The first-order valence-corrected chi connectivity index (χ1v) is 13.1. The van der Waals surface area contributed by atoms with Crippen LogP contribution in [0.1, 0.15) is 18.1 Å². The minimum Gasteiger partial charge on any atom is -0.339 e. The molecule has 0 spiro atoms. The van der Waals surface area contributed by atoms with E-state index in [1.165, 1.54) is 17.3 Å². The highest BCUT2D eigenvalue weighted by Gasteiger charge is 2.27. The molecule has 5 rings (SSSR count). The number of benzene rings is 2. The molecule has 1 aliphatic heterocycles. The lowest BCUT2D eigenvalue weighted by Gasteiger charge is -2.35. The molecule has 2 aromatic carbocycles. The molecule has 2 aromatic heterocycles. The van der Waals surface area contributed by atoms with Crippen molar-refractivity contribution in [2.24, 2.45) is 0 Å². The van der Waals surface area contributed by atoms with Gasteiger partial charge < -0.3 is 4.90 Å². The van der Waals surface area contributed by atoms with Gasteiger partial charge in [0.1, 0.15) is 0 Å². The monoisotopic (exact) mass is 498 g/mol. The van der Waals surface area contributed by atoms with E-state index in [0.29, 0.717) is 6.54 Å². The summed E-state index contributed by atoms with van der Waals surface area (Å²) in [6, 6.07) is 24.6. The van der Waals surface area contributed by atoms with Crippen molar-refractivity contribution in [3.8, 4) is 11.4 Å². The van der Waals surface area contributed by atoms with Gasteiger partial charge in [-0.3, -0.25) is 19.2 Å². The molecule has 1 amide bonds. The van der Waals surface area contributed by atoms with Gasteiger partial charge in [-0.1, -0.05) is 72.4 Å². The zero-order valence-corrected chi connectivity index (χ0v) is 21.2. The van der Waals surface area contributed by atoms with Gasteiger partial charge in [-0.2, -0.15) is 0 Å². The summed E-state index contributed by atoms with van der Waals surface area (Å²) in [5.74, 6) is 0.928. The topological polar surface area (TPSA) is 67.2 Å². The molecule has 1 atom stereocenters. The molecule has 7 nitrogen and oxygen atoms in total. The number of pyridine rings is 1. The summed E-state index contributed by atoms with van der Waals surface area (Å²) in [5, 5.41) is 9.47. The molecule has 0 aliphatic carbocycles. The third-order valence-electron chi connectivity index (χ3n) is 6.40. The van der Waals surface area contributed by atoms with Gasteiger partial charge in [0.25, 0.3) is 0 Å². The van der Waals surface area contributed by atoms with Crippen LogP contribution < -0.4 is 0 Å². The molecule has 0 saturated carbocycles. The molecule has 1 fully saturated rings. The van der Waals surface area contributed by atoms with Gasteiger partial charge >= 0.3 is 0 Å². The van der Waals surface area contributed by atoms with Crippen molar-refractivity contribution in [3.63, 3.8) is 0 Å². The average molecular weight is 499 g/mol. The zero-order chi connectivity index (χ0) is 24.7. The SMILES string of the molecule is C[C@@H](Sc1nnc(-c2ccncc2)n1Cc1ccccc1)C(=O)N1CCN(Cc2ccccc2)CC1. The van der Waals surface area contributed by atoms with E-state index >= 15 is 0 Å². The number of thioether (sulfide) groups is 1. The van der Waals surface area contributed by atoms with E-state index in [9.17, 15) is 4.79 Å². The quantitative estimate of drug-likeness (QED) is 0.339. The summed E-state index contributed by atoms with van der Waals surface area (Å²) in [7, 11) is 0. The molecule has 0 unspecified atom stereocenters. The second-order valence-corrected chi connectivity index (χ2v) is 10.3. The number of aromatic nitrogens is 4. The first kappa shape index (κ1) is 24.2. The van der Waals surface area contributed by atoms with Gasteiger partial charge in [0.2, 0.25) is 5.91 Å². The van der Waals surface area contributed by atoms with E-state index in [2.05, 4.69) is 61.0 Å². The highest BCUT2D eigenvalue weighted by atomic mass is 32.2. The molecule has 36 heavy (non-hydrogen) atoms. The van der Waals surface area contributed by atoms with Crippen molar-refractivity contribution in [2.75, 3.05) is 26.2 Å². The zero-order valence-electron chi connectivity index (χ0n) is 20.4. The number of hydrogen-bond acceptors (Lipinski definition) is 6. The molecule has 0 N–H and O–H groups in total. The maximum atomic E-state index is 13.3. The van der Waals surface area contributed by atoms with Crippen LogP contribution in [0.25, 0.3) is 11.4 Å². The molecule has 8 heteroatoms. The number of nitrogens with zero attached hydrogens (tertiary/aromatic N) is 6. The Morgan fingerprint density at radius 1 is 0.833 bits per heavy atom. The smallest absolute Gasteiger partial charge is 0.235 e. The van der Waals surface area contributed by atoms with Crippen LogP contribution in [-0.2, 0) is 17.9 Å². The lowest BCUT2D eigenvalue weighted by atomic mass is 10.2. The van der Waals surface area contributed by atoms with Crippen LogP contribution in [0.5, 0.6) is 0 Å². The molecular weight excluding hydrogens is 468 g/mol. The summed E-state index contributed by atoms with van der Waals surface area (Å²) < 4.78 is 2.09. The average Bonchev–Trinajstić information content (AvgIpc) is 3.32. The van der Waals surface area contributed by atoms with Gasteiger partial charge in [0.15, 0.2) is 11.0 Å². The second-order valence-electron chi connectivity index (χ2n) is 8.96. The van der Waals surface area contributed by atoms with Crippen LogP contribution in [0.2, 0.25) is 0 Å². The normalized spacial score (nSPS) is 15.1. The predicted octanol–water partition coefficient (Wildman–Crippen LogP) is 4.21. The van der Waals surface area contributed by atoms with Gasteiger partial charge in [-0.25, -0.2) is 0 Å². The predicted molar refractivity (Wildman–Crippen MR) is 142 cm³/mol. The summed E-state index contributed by atoms with van der Waals surface area (Å²) in [5.41, 5.74) is 3.42. The maximum absolute atomic E-state index is 13.3. The first-order valence-electron chi connectivity index (χ1n) is 12.3. The minimum absolute atomic E-state index is 0.152. The molecule has 184 valence electrons. The van der Waals surface area contributed by atoms with E-state index in [1.807, 2.05) is 48.2 Å². The van der Waals surface area contributed by atoms with E-state index in [-0.39, 0.29) is 11.2 Å². The standard InChI is InChI=1S/C28H30N6OS/c1-22(27(35)33-18-16-32(17-19-33)20-23-8-4-2-5-9-23)36-28-31-30-26(25-12-14-29-15-13-25)34(28)21-24-10-6-3-7-11-24/h2-15,22H,16-21H2,1H3/t22-/m1/s1. The van der Waals surface area contributed by atoms with Crippen LogP contribution >= 0.6 is 11.8 Å². The Balaban J connectivity index is 1.26. The Morgan fingerprint density at radius 2 is 1.44 bits per heavy atom. The Bertz CT molecular complexity index is 1260. The second kappa shape index (κ2) is 11.5. The van der Waals surface area contributed by atoms with E-state index in [4.69, 9.17) is 0 Å². The molecule has 1 aliphatic rings. The van der Waals surface area contributed by atoms with Gasteiger partial charge in [-0.15, -0.1) is 10.2 Å². The number of hydrogen-bond donors (Lipinski definition) is 0. The fourth-order valence-electron chi connectivity index (χ4n) is 4.43. The number of carbonyl (C=O) groups is 1. The van der Waals surface area contributed by atoms with Crippen molar-refractivity contribution < 1.29 is 4.79 Å². The Kier molecular flexibility index (Phi) is 7.73. The van der Waals surface area contributed by atoms with Crippen molar-refractivity contribution in [1.29, 1.82) is 0 Å². The fraction of sp³-hybridized carbons (Fsp3) is 0.286. The van der Waals surface area contributed by atoms with E-state index in [0.717, 1.165) is 54.8 Å². The van der Waals surface area contributed by atoms with Crippen LogP contribution in [-0.4, -0.2) is 66.9 Å². The minimum atomic E-state index is -0.255. The number of piperazine rings is 1. The summed E-state index contributed by atoms with van der Waals surface area (Å²) in [6.07, 6.45) is 3.51. The van der Waals surface area contributed by atoms with E-state index in [1.54, 1.807) is 12.4 Å². The van der Waals surface area contributed by atoms with Gasteiger partial charge in [0, 0.05) is 50.7 Å². The Labute approximate surface area is 216 Å². The lowest BCUT2D eigenvalue weighted by Crippen LogP contribution is -2.50. The van der Waals surface area contributed by atoms with Crippen LogP contribution in [0, 0.1) is 0 Å². The summed E-state index contributed by atoms with van der Waals surface area (Å²) in [4.78, 5) is 21.9. The Morgan fingerprint density at radius 3 is 2.08 bits per heavy atom. The van der Waals surface area contributed by atoms with Crippen molar-refractivity contribution >= 4 is 17.7 Å². The summed E-state index contributed by atoms with van der Waals surface area (Å²) >= 11 is 1.48. The van der Waals surface area contributed by atoms with Crippen molar-refractivity contribution in [3.05, 3.63) is 96.3 Å². The number of amides is 1. The van der Waals surface area contributed by atoms with Crippen molar-refractivity contribution in [1.82, 2.24) is 29.5 Å². The van der Waals surface area contributed by atoms with E-state index < -0.39 is 0 Å². The highest BCUT2D eigenvalue weighted by Crippen LogP contribution is 2.28. The molecule has 0 bridgehead atoms. The molecule has 0 radical (unpaired) electrons. The van der Waals surface area contributed by atoms with Crippen molar-refractivity contribution in [2.45, 2.75) is 30.4 Å². The number of carbonyl (C=O) groups excluding carboxylic acids is 1.